The molecule has 1 N–H and O–H groups in total. The Labute approximate surface area is 110 Å². The van der Waals surface area contributed by atoms with Gasteiger partial charge in [0.15, 0.2) is 0 Å². The van der Waals surface area contributed by atoms with Gasteiger partial charge in [-0.2, -0.15) is 0 Å². The molecule has 2 nitrogen and oxygen atoms in total. The van der Waals surface area contributed by atoms with E-state index in [1.54, 1.807) is 0 Å². The lowest BCUT2D eigenvalue weighted by Crippen LogP contribution is -2.46. The van der Waals surface area contributed by atoms with Crippen molar-refractivity contribution in [3.8, 4) is 0 Å². The standard InChI is InChI=1S/C16H23NO/c1-12-8-13(2)10-14(9-12)16(18)5-7-17-6-3-4-15(17)11-16/h8-10,15,18H,3-7,11H2,1-2H3. The molecule has 2 fully saturated rings. The number of rotatable bonds is 1. The quantitative estimate of drug-likeness (QED) is 0.822. The van der Waals surface area contributed by atoms with Crippen molar-refractivity contribution in [2.45, 2.75) is 51.2 Å². The van der Waals surface area contributed by atoms with Gasteiger partial charge in [-0.1, -0.05) is 29.3 Å². The summed E-state index contributed by atoms with van der Waals surface area (Å²) in [7, 11) is 0. The van der Waals surface area contributed by atoms with E-state index in [-0.39, 0.29) is 0 Å². The molecule has 1 aromatic carbocycles. The van der Waals surface area contributed by atoms with Crippen LogP contribution in [0.4, 0.5) is 0 Å². The molecule has 2 aliphatic heterocycles. The number of hydrogen-bond donors (Lipinski definition) is 1. The number of nitrogens with zero attached hydrogens (tertiary/aromatic N) is 1. The fourth-order valence-electron chi connectivity index (χ4n) is 3.75. The number of aryl methyl sites for hydroxylation is 2. The summed E-state index contributed by atoms with van der Waals surface area (Å²) in [5, 5.41) is 11.0. The number of piperidine rings is 1. The molecule has 0 radical (unpaired) electrons. The molecule has 3 rings (SSSR count). The minimum Gasteiger partial charge on any atom is -0.385 e. The Hall–Kier alpha value is -0.860. The SMILES string of the molecule is Cc1cc(C)cc(C2(O)CCN3CCCC3C2)c1. The van der Waals surface area contributed by atoms with Crippen molar-refractivity contribution >= 4 is 0 Å². The first kappa shape index (κ1) is 12.2. The molecule has 2 heterocycles. The highest BCUT2D eigenvalue weighted by Crippen LogP contribution is 2.39. The Bertz CT molecular complexity index is 436. The van der Waals surface area contributed by atoms with Gasteiger partial charge >= 0.3 is 0 Å². The first-order valence-corrected chi connectivity index (χ1v) is 7.12. The third-order valence-corrected chi connectivity index (χ3v) is 4.64. The molecule has 0 amide bonds. The summed E-state index contributed by atoms with van der Waals surface area (Å²) in [4.78, 5) is 2.55. The van der Waals surface area contributed by atoms with E-state index in [1.165, 1.54) is 30.5 Å². The maximum Gasteiger partial charge on any atom is 0.0923 e. The topological polar surface area (TPSA) is 23.5 Å². The van der Waals surface area contributed by atoms with Gasteiger partial charge in [0.1, 0.15) is 0 Å². The van der Waals surface area contributed by atoms with Gasteiger partial charge in [-0.25, -0.2) is 0 Å². The second-order valence-corrected chi connectivity index (χ2v) is 6.19. The molecule has 0 aromatic heterocycles. The summed E-state index contributed by atoms with van der Waals surface area (Å²) in [5.41, 5.74) is 3.05. The molecule has 2 atom stereocenters. The van der Waals surface area contributed by atoms with Crippen molar-refractivity contribution in [3.63, 3.8) is 0 Å². The number of benzene rings is 1. The molecule has 0 saturated carbocycles. The molecule has 18 heavy (non-hydrogen) atoms. The maximum atomic E-state index is 11.0. The highest BCUT2D eigenvalue weighted by Gasteiger charge is 2.41. The van der Waals surface area contributed by atoms with Crippen molar-refractivity contribution in [3.05, 3.63) is 34.9 Å². The Morgan fingerprint density at radius 2 is 1.89 bits per heavy atom. The van der Waals surface area contributed by atoms with Crippen molar-refractivity contribution in [2.24, 2.45) is 0 Å². The monoisotopic (exact) mass is 245 g/mol. The van der Waals surface area contributed by atoms with Crippen LogP contribution in [0.3, 0.4) is 0 Å². The van der Waals surface area contributed by atoms with Crippen LogP contribution in [0, 0.1) is 13.8 Å². The van der Waals surface area contributed by atoms with E-state index in [1.807, 2.05) is 0 Å². The van der Waals surface area contributed by atoms with Gasteiger partial charge in [0.2, 0.25) is 0 Å². The Morgan fingerprint density at radius 1 is 1.17 bits per heavy atom. The third-order valence-electron chi connectivity index (χ3n) is 4.64. The Kier molecular flexibility index (Phi) is 2.95. The van der Waals surface area contributed by atoms with Crippen LogP contribution in [0.15, 0.2) is 18.2 Å². The van der Waals surface area contributed by atoms with Crippen molar-refractivity contribution in [1.82, 2.24) is 4.90 Å². The average molecular weight is 245 g/mol. The van der Waals surface area contributed by atoms with Crippen LogP contribution in [-0.4, -0.2) is 29.1 Å². The first-order valence-electron chi connectivity index (χ1n) is 7.12. The van der Waals surface area contributed by atoms with Crippen molar-refractivity contribution in [1.29, 1.82) is 0 Å². The molecule has 0 spiro atoms. The molecule has 2 heteroatoms. The number of aliphatic hydroxyl groups is 1. The molecule has 1 aromatic rings. The first-order chi connectivity index (χ1) is 8.57. The summed E-state index contributed by atoms with van der Waals surface area (Å²) in [6.45, 7) is 6.51. The van der Waals surface area contributed by atoms with E-state index in [0.29, 0.717) is 6.04 Å². The molecule has 0 bridgehead atoms. The van der Waals surface area contributed by atoms with E-state index in [4.69, 9.17) is 0 Å². The molecule has 2 unspecified atom stereocenters. The molecule has 2 aliphatic rings. The minimum atomic E-state index is -0.595. The van der Waals surface area contributed by atoms with Crippen molar-refractivity contribution in [2.75, 3.05) is 13.1 Å². The Balaban J connectivity index is 1.89. The highest BCUT2D eigenvalue weighted by molar-refractivity contribution is 5.33. The molecular formula is C16H23NO. The van der Waals surface area contributed by atoms with Gasteiger partial charge in [-0.05, 0) is 51.6 Å². The maximum absolute atomic E-state index is 11.0. The normalized spacial score (nSPS) is 32.5. The van der Waals surface area contributed by atoms with E-state index < -0.39 is 5.60 Å². The van der Waals surface area contributed by atoms with Gasteiger partial charge in [-0.15, -0.1) is 0 Å². The summed E-state index contributed by atoms with van der Waals surface area (Å²) in [6, 6.07) is 7.11. The van der Waals surface area contributed by atoms with Gasteiger partial charge in [0.05, 0.1) is 5.60 Å². The summed E-state index contributed by atoms with van der Waals surface area (Å²) in [6.07, 6.45) is 4.35. The molecular weight excluding hydrogens is 222 g/mol. The second kappa shape index (κ2) is 4.36. The zero-order valence-electron chi connectivity index (χ0n) is 11.4. The fourth-order valence-corrected chi connectivity index (χ4v) is 3.75. The van der Waals surface area contributed by atoms with Crippen LogP contribution >= 0.6 is 0 Å². The van der Waals surface area contributed by atoms with Crippen molar-refractivity contribution < 1.29 is 5.11 Å². The lowest BCUT2D eigenvalue weighted by atomic mass is 9.80. The average Bonchev–Trinajstić information content (AvgIpc) is 2.74. The Morgan fingerprint density at radius 3 is 2.61 bits per heavy atom. The zero-order chi connectivity index (χ0) is 12.8. The van der Waals surface area contributed by atoms with Crippen LogP contribution in [0.5, 0.6) is 0 Å². The van der Waals surface area contributed by atoms with Gasteiger partial charge in [0.25, 0.3) is 0 Å². The predicted molar refractivity (Wildman–Crippen MR) is 73.6 cm³/mol. The lowest BCUT2D eigenvalue weighted by molar-refractivity contribution is -0.0409. The van der Waals surface area contributed by atoms with E-state index in [0.717, 1.165) is 24.9 Å². The van der Waals surface area contributed by atoms with Crippen LogP contribution in [0.25, 0.3) is 0 Å². The van der Waals surface area contributed by atoms with Crippen LogP contribution < -0.4 is 0 Å². The predicted octanol–water partition coefficient (Wildman–Crippen LogP) is 2.75. The molecule has 0 aliphatic carbocycles. The highest BCUT2D eigenvalue weighted by atomic mass is 16.3. The van der Waals surface area contributed by atoms with Crippen LogP contribution in [-0.2, 0) is 5.60 Å². The smallest absolute Gasteiger partial charge is 0.0923 e. The summed E-state index contributed by atoms with van der Waals surface area (Å²) >= 11 is 0. The molecule has 98 valence electrons. The van der Waals surface area contributed by atoms with E-state index >= 15 is 0 Å². The molecule has 2 saturated heterocycles. The minimum absolute atomic E-state index is 0.595. The van der Waals surface area contributed by atoms with Crippen LogP contribution in [0.2, 0.25) is 0 Å². The van der Waals surface area contributed by atoms with Crippen LogP contribution in [0.1, 0.15) is 42.4 Å². The number of hydrogen-bond acceptors (Lipinski definition) is 2. The van der Waals surface area contributed by atoms with Gasteiger partial charge in [0, 0.05) is 12.6 Å². The number of fused-ring (bicyclic) bond motifs is 1. The van der Waals surface area contributed by atoms with Gasteiger partial charge in [-0.3, -0.25) is 0 Å². The second-order valence-electron chi connectivity index (χ2n) is 6.19. The zero-order valence-corrected chi connectivity index (χ0v) is 11.4. The summed E-state index contributed by atoms with van der Waals surface area (Å²) < 4.78 is 0. The van der Waals surface area contributed by atoms with E-state index in [9.17, 15) is 5.11 Å². The largest absolute Gasteiger partial charge is 0.385 e. The fraction of sp³-hybridized carbons (Fsp3) is 0.625. The van der Waals surface area contributed by atoms with Gasteiger partial charge < -0.3 is 10.0 Å². The lowest BCUT2D eigenvalue weighted by Gasteiger charge is -2.41. The summed E-state index contributed by atoms with van der Waals surface area (Å²) in [5.74, 6) is 0. The third kappa shape index (κ3) is 2.08. The van der Waals surface area contributed by atoms with E-state index in [2.05, 4.69) is 36.9 Å².